The van der Waals surface area contributed by atoms with Crippen LogP contribution in [0.1, 0.15) is 11.1 Å². The van der Waals surface area contributed by atoms with E-state index >= 15 is 0 Å². The van der Waals surface area contributed by atoms with Gasteiger partial charge in [0.05, 0.1) is 17.9 Å². The fourth-order valence-corrected chi connectivity index (χ4v) is 3.11. The van der Waals surface area contributed by atoms with Crippen molar-refractivity contribution in [3.8, 4) is 0 Å². The molecule has 1 aliphatic heterocycles. The van der Waals surface area contributed by atoms with Crippen molar-refractivity contribution in [2.45, 2.75) is 6.54 Å². The summed E-state index contributed by atoms with van der Waals surface area (Å²) in [6.45, 7) is 0.591. The van der Waals surface area contributed by atoms with Crippen LogP contribution in [0, 0.1) is 0 Å². The Bertz CT molecular complexity index is 951. The van der Waals surface area contributed by atoms with Crippen molar-refractivity contribution in [2.75, 3.05) is 17.0 Å². The maximum Gasteiger partial charge on any atom is 0.279 e. The molecule has 0 fully saturated rings. The van der Waals surface area contributed by atoms with E-state index in [4.69, 9.17) is 5.10 Å². The molecule has 3 aromatic carbocycles. The molecule has 0 aliphatic carbocycles. The van der Waals surface area contributed by atoms with E-state index in [9.17, 15) is 4.79 Å². The first-order valence-corrected chi connectivity index (χ1v) is 8.56. The lowest BCUT2D eigenvalue weighted by Crippen LogP contribution is -2.28. The number of amides is 1. The summed E-state index contributed by atoms with van der Waals surface area (Å²) in [6.07, 6.45) is 0. The highest BCUT2D eigenvalue weighted by atomic mass is 16.2. The van der Waals surface area contributed by atoms with Crippen LogP contribution in [0.2, 0.25) is 0 Å². The lowest BCUT2D eigenvalue weighted by Gasteiger charge is -2.20. The van der Waals surface area contributed by atoms with Gasteiger partial charge in [0, 0.05) is 12.6 Å². The molecule has 0 radical (unpaired) electrons. The van der Waals surface area contributed by atoms with Gasteiger partial charge in [0.25, 0.3) is 5.91 Å². The van der Waals surface area contributed by atoms with E-state index in [-0.39, 0.29) is 5.91 Å². The monoisotopic (exact) mass is 341 g/mol. The number of carbonyl (C=O) groups is 1. The van der Waals surface area contributed by atoms with Gasteiger partial charge in [-0.1, -0.05) is 66.7 Å². The van der Waals surface area contributed by atoms with Crippen LogP contribution >= 0.6 is 0 Å². The largest absolute Gasteiger partial charge is 0.309 e. The van der Waals surface area contributed by atoms with Gasteiger partial charge < -0.3 is 4.90 Å². The number of fused-ring (bicyclic) bond motifs is 1. The second-order valence-corrected chi connectivity index (χ2v) is 6.21. The van der Waals surface area contributed by atoms with Crippen LogP contribution in [0.4, 0.5) is 11.4 Å². The van der Waals surface area contributed by atoms with Crippen LogP contribution in [0.25, 0.3) is 0 Å². The Hall–Kier alpha value is -3.40. The van der Waals surface area contributed by atoms with Gasteiger partial charge in [-0.2, -0.15) is 5.10 Å². The molecule has 4 heteroatoms. The number of carbonyl (C=O) groups excluding carboxylic acids is 1. The fourth-order valence-electron chi connectivity index (χ4n) is 3.11. The Morgan fingerprint density at radius 2 is 1.46 bits per heavy atom. The van der Waals surface area contributed by atoms with Crippen molar-refractivity contribution >= 4 is 23.0 Å². The molecule has 4 nitrogen and oxygen atoms in total. The van der Waals surface area contributed by atoms with Crippen LogP contribution in [0.15, 0.2) is 90.0 Å². The Balaban J connectivity index is 1.77. The second-order valence-electron chi connectivity index (χ2n) is 6.21. The standard InChI is InChI=1S/C22H19N3O/c1-24-20-15-9-8-14-19(20)21(22(24)26)23-25(18-12-6-3-7-13-18)16-17-10-4-2-5-11-17/h2-15H,16H2,1H3/b23-21-. The molecule has 0 saturated heterocycles. The predicted molar refractivity (Wildman–Crippen MR) is 105 cm³/mol. The molecule has 0 aromatic heterocycles. The van der Waals surface area contributed by atoms with Gasteiger partial charge >= 0.3 is 0 Å². The molecule has 0 atom stereocenters. The number of benzene rings is 3. The fraction of sp³-hybridized carbons (Fsp3) is 0.0909. The van der Waals surface area contributed by atoms with Gasteiger partial charge in [-0.05, 0) is 23.8 Å². The highest BCUT2D eigenvalue weighted by molar-refractivity contribution is 6.54. The number of anilines is 2. The lowest BCUT2D eigenvalue weighted by atomic mass is 10.1. The summed E-state index contributed by atoms with van der Waals surface area (Å²) in [6, 6.07) is 27.8. The second kappa shape index (κ2) is 6.84. The molecule has 0 unspecified atom stereocenters. The quantitative estimate of drug-likeness (QED) is 0.671. The minimum atomic E-state index is -0.0832. The number of rotatable bonds is 4. The van der Waals surface area contributed by atoms with Gasteiger partial charge in [0.15, 0.2) is 5.71 Å². The number of likely N-dealkylation sites (N-methyl/N-ethyl adjacent to an activating group) is 1. The van der Waals surface area contributed by atoms with Gasteiger partial charge in [-0.25, -0.2) is 0 Å². The van der Waals surface area contributed by atoms with Crippen molar-refractivity contribution in [3.63, 3.8) is 0 Å². The zero-order valence-electron chi connectivity index (χ0n) is 14.5. The molecular formula is C22H19N3O. The van der Waals surface area contributed by atoms with Crippen LogP contribution < -0.4 is 9.91 Å². The van der Waals surface area contributed by atoms with E-state index in [0.717, 1.165) is 22.5 Å². The molecule has 1 aliphatic rings. The van der Waals surface area contributed by atoms with Crippen molar-refractivity contribution in [3.05, 3.63) is 96.1 Å². The summed E-state index contributed by atoms with van der Waals surface area (Å²) in [4.78, 5) is 14.4. The molecule has 26 heavy (non-hydrogen) atoms. The van der Waals surface area contributed by atoms with E-state index in [1.807, 2.05) is 77.8 Å². The smallest absolute Gasteiger partial charge is 0.279 e. The summed E-state index contributed by atoms with van der Waals surface area (Å²) in [5, 5.41) is 6.66. The molecule has 0 N–H and O–H groups in total. The Kier molecular flexibility index (Phi) is 4.23. The van der Waals surface area contributed by atoms with Gasteiger partial charge in [-0.3, -0.25) is 9.80 Å². The Morgan fingerprint density at radius 3 is 2.19 bits per heavy atom. The zero-order valence-corrected chi connectivity index (χ0v) is 14.5. The topological polar surface area (TPSA) is 35.9 Å². The highest BCUT2D eigenvalue weighted by Gasteiger charge is 2.31. The SMILES string of the molecule is CN1C(=O)/C(=N\N(Cc2ccccc2)c2ccccc2)c2ccccc21. The van der Waals surface area contributed by atoms with E-state index in [1.54, 1.807) is 11.9 Å². The van der Waals surface area contributed by atoms with Gasteiger partial charge in [0.2, 0.25) is 0 Å². The lowest BCUT2D eigenvalue weighted by molar-refractivity contribution is -0.111. The maximum absolute atomic E-state index is 12.7. The molecule has 3 aromatic rings. The number of hydrogen-bond acceptors (Lipinski definition) is 3. The van der Waals surface area contributed by atoms with E-state index in [2.05, 4.69) is 12.1 Å². The van der Waals surface area contributed by atoms with Crippen molar-refractivity contribution < 1.29 is 4.79 Å². The van der Waals surface area contributed by atoms with Crippen molar-refractivity contribution in [1.82, 2.24) is 0 Å². The Morgan fingerprint density at radius 1 is 0.846 bits per heavy atom. The molecule has 1 amide bonds. The third kappa shape index (κ3) is 2.97. The average molecular weight is 341 g/mol. The third-order valence-electron chi connectivity index (χ3n) is 4.48. The van der Waals surface area contributed by atoms with Crippen molar-refractivity contribution in [1.29, 1.82) is 0 Å². The van der Waals surface area contributed by atoms with Crippen LogP contribution in [0.5, 0.6) is 0 Å². The third-order valence-corrected chi connectivity index (χ3v) is 4.48. The molecule has 128 valence electrons. The van der Waals surface area contributed by atoms with Crippen LogP contribution in [-0.4, -0.2) is 18.7 Å². The van der Waals surface area contributed by atoms with E-state index in [0.29, 0.717) is 12.3 Å². The normalized spacial score (nSPS) is 14.6. The molecule has 0 saturated carbocycles. The van der Waals surface area contributed by atoms with Crippen LogP contribution in [-0.2, 0) is 11.3 Å². The first kappa shape index (κ1) is 16.1. The first-order valence-electron chi connectivity index (χ1n) is 8.56. The number of hydrazone groups is 1. The predicted octanol–water partition coefficient (Wildman–Crippen LogP) is 4.07. The molecule has 4 rings (SSSR count). The highest BCUT2D eigenvalue weighted by Crippen LogP contribution is 2.29. The number of nitrogens with zero attached hydrogens (tertiary/aromatic N) is 3. The average Bonchev–Trinajstić information content (AvgIpc) is 2.94. The minimum absolute atomic E-state index is 0.0832. The number of hydrogen-bond donors (Lipinski definition) is 0. The van der Waals surface area contributed by atoms with Crippen LogP contribution in [0.3, 0.4) is 0 Å². The number of para-hydroxylation sites is 2. The summed E-state index contributed by atoms with van der Waals surface area (Å²) in [5.74, 6) is -0.0832. The van der Waals surface area contributed by atoms with E-state index < -0.39 is 0 Å². The summed E-state index contributed by atoms with van der Waals surface area (Å²) >= 11 is 0. The molecule has 0 bridgehead atoms. The Labute approximate surface area is 153 Å². The van der Waals surface area contributed by atoms with E-state index in [1.165, 1.54) is 0 Å². The van der Waals surface area contributed by atoms with Crippen molar-refractivity contribution in [2.24, 2.45) is 5.10 Å². The molecule has 0 spiro atoms. The maximum atomic E-state index is 12.7. The summed E-state index contributed by atoms with van der Waals surface area (Å²) in [5.41, 5.74) is 4.32. The van der Waals surface area contributed by atoms with Gasteiger partial charge in [0.1, 0.15) is 0 Å². The molecule has 1 heterocycles. The zero-order chi connectivity index (χ0) is 17.9. The summed E-state index contributed by atoms with van der Waals surface area (Å²) in [7, 11) is 1.79. The minimum Gasteiger partial charge on any atom is -0.309 e. The first-order chi connectivity index (χ1) is 12.7. The molecular weight excluding hydrogens is 322 g/mol. The summed E-state index contributed by atoms with van der Waals surface area (Å²) < 4.78 is 0. The van der Waals surface area contributed by atoms with Gasteiger partial charge in [-0.15, -0.1) is 0 Å².